The number of rotatable bonds is 5. The van der Waals surface area contributed by atoms with Crippen LogP contribution >= 0.6 is 12.6 Å². The summed E-state index contributed by atoms with van der Waals surface area (Å²) in [6.07, 6.45) is -0.585. The molecule has 1 rings (SSSR count). The third-order valence-electron chi connectivity index (χ3n) is 1.95. The summed E-state index contributed by atoms with van der Waals surface area (Å²) in [5, 5.41) is 20.7. The van der Waals surface area contributed by atoms with E-state index in [2.05, 4.69) is 17.9 Å². The third-order valence-corrected chi connectivity index (χ3v) is 2.32. The first-order valence-corrected chi connectivity index (χ1v) is 5.05. The number of hydrogen-bond acceptors (Lipinski definition) is 5. The average Bonchev–Trinajstić information content (AvgIpc) is 2.26. The fourth-order valence-electron chi connectivity index (χ4n) is 1.12. The highest BCUT2D eigenvalue weighted by molar-refractivity contribution is 7.80. The van der Waals surface area contributed by atoms with Crippen LogP contribution in [0.3, 0.4) is 0 Å². The summed E-state index contributed by atoms with van der Waals surface area (Å²) in [4.78, 5) is 0.754. The monoisotopic (exact) mass is 229 g/mol. The van der Waals surface area contributed by atoms with Gasteiger partial charge >= 0.3 is 0 Å². The zero-order valence-electron chi connectivity index (χ0n) is 8.47. The largest absolute Gasteiger partial charge is 0.486 e. The van der Waals surface area contributed by atoms with Crippen molar-refractivity contribution in [2.75, 3.05) is 25.6 Å². The number of benzene rings is 1. The molecule has 0 atom stereocenters. The van der Waals surface area contributed by atoms with Crippen LogP contribution in [-0.2, 0) is 0 Å². The first kappa shape index (κ1) is 12.2. The molecule has 0 heterocycles. The van der Waals surface area contributed by atoms with Gasteiger partial charge in [0.05, 0.1) is 13.2 Å². The first-order valence-electron chi connectivity index (χ1n) is 4.60. The number of anilines is 1. The Bertz CT molecular complexity index is 316. The number of aliphatic hydroxyl groups is 2. The molecular formula is C10H15NO3S. The molecule has 0 fully saturated rings. The fourth-order valence-corrected chi connectivity index (χ4v) is 1.43. The minimum absolute atomic E-state index is 0.216. The summed E-state index contributed by atoms with van der Waals surface area (Å²) in [6, 6.07) is 5.31. The molecular weight excluding hydrogens is 214 g/mol. The summed E-state index contributed by atoms with van der Waals surface area (Å²) in [5.41, 5.74) is 0.898. The average molecular weight is 229 g/mol. The van der Waals surface area contributed by atoms with E-state index in [9.17, 15) is 0 Å². The molecule has 15 heavy (non-hydrogen) atoms. The summed E-state index contributed by atoms with van der Waals surface area (Å²) >= 11 is 4.26. The van der Waals surface area contributed by atoms with Crippen LogP contribution in [0.25, 0.3) is 0 Å². The number of ether oxygens (including phenoxy) is 1. The minimum Gasteiger partial charge on any atom is -0.486 e. The molecule has 0 aromatic heterocycles. The number of hydrogen-bond donors (Lipinski definition) is 4. The van der Waals surface area contributed by atoms with E-state index in [1.807, 2.05) is 6.07 Å². The fraction of sp³-hybridized carbons (Fsp3) is 0.400. The molecule has 5 heteroatoms. The predicted octanol–water partition coefficient (Wildman–Crippen LogP) is 0.749. The van der Waals surface area contributed by atoms with Gasteiger partial charge in [0, 0.05) is 17.6 Å². The Morgan fingerprint density at radius 1 is 1.40 bits per heavy atom. The van der Waals surface area contributed by atoms with Crippen LogP contribution < -0.4 is 10.1 Å². The predicted molar refractivity (Wildman–Crippen MR) is 61.8 cm³/mol. The summed E-state index contributed by atoms with van der Waals surface area (Å²) in [6.45, 7) is -0.432. The van der Waals surface area contributed by atoms with Gasteiger partial charge in [-0.05, 0) is 18.2 Å². The highest BCUT2D eigenvalue weighted by Crippen LogP contribution is 2.25. The van der Waals surface area contributed by atoms with Crippen molar-refractivity contribution in [1.29, 1.82) is 0 Å². The molecule has 1 aromatic carbocycles. The lowest BCUT2D eigenvalue weighted by molar-refractivity contribution is 0.0628. The van der Waals surface area contributed by atoms with Gasteiger partial charge < -0.3 is 20.3 Å². The smallest absolute Gasteiger partial charge is 0.145 e. The van der Waals surface area contributed by atoms with Crippen molar-refractivity contribution in [3.8, 4) is 5.75 Å². The molecule has 84 valence electrons. The molecule has 1 aromatic rings. The van der Waals surface area contributed by atoms with E-state index in [0.29, 0.717) is 5.75 Å². The van der Waals surface area contributed by atoms with Crippen LogP contribution in [-0.4, -0.2) is 36.6 Å². The summed E-state index contributed by atoms with van der Waals surface area (Å²) in [7, 11) is 1.81. The Hall–Kier alpha value is -0.910. The van der Waals surface area contributed by atoms with Crippen LogP contribution in [0, 0.1) is 0 Å². The summed E-state index contributed by atoms with van der Waals surface area (Å²) < 4.78 is 5.32. The van der Waals surface area contributed by atoms with Gasteiger partial charge in [-0.15, -0.1) is 12.6 Å². The minimum atomic E-state index is -0.585. The molecule has 0 aliphatic rings. The second kappa shape index (κ2) is 5.85. The number of thiol groups is 1. The molecule has 0 spiro atoms. The van der Waals surface area contributed by atoms with Crippen LogP contribution in [0.1, 0.15) is 0 Å². The quantitative estimate of drug-likeness (QED) is 0.563. The third kappa shape index (κ3) is 3.30. The van der Waals surface area contributed by atoms with Gasteiger partial charge in [-0.2, -0.15) is 0 Å². The zero-order chi connectivity index (χ0) is 11.3. The maximum Gasteiger partial charge on any atom is 0.145 e. The van der Waals surface area contributed by atoms with E-state index in [-0.39, 0.29) is 13.2 Å². The Morgan fingerprint density at radius 3 is 2.53 bits per heavy atom. The zero-order valence-corrected chi connectivity index (χ0v) is 9.37. The van der Waals surface area contributed by atoms with Crippen LogP contribution in [0.15, 0.2) is 23.1 Å². The normalized spacial score (nSPS) is 10.5. The van der Waals surface area contributed by atoms with Gasteiger partial charge in [-0.25, -0.2) is 0 Å². The van der Waals surface area contributed by atoms with Crippen LogP contribution in [0.4, 0.5) is 5.69 Å². The Balaban J connectivity index is 2.74. The molecule has 0 aliphatic carbocycles. The maximum atomic E-state index is 8.84. The Kier molecular flexibility index (Phi) is 4.74. The Morgan fingerprint density at radius 2 is 2.07 bits per heavy atom. The second-order valence-corrected chi connectivity index (χ2v) is 3.52. The molecule has 0 bridgehead atoms. The SMILES string of the molecule is CNc1ccc(OC(CO)CO)cc1S. The van der Waals surface area contributed by atoms with Gasteiger partial charge in [-0.3, -0.25) is 0 Å². The number of aliphatic hydroxyl groups excluding tert-OH is 2. The second-order valence-electron chi connectivity index (χ2n) is 3.03. The Labute approximate surface area is 94.3 Å². The van der Waals surface area contributed by atoms with E-state index in [4.69, 9.17) is 14.9 Å². The van der Waals surface area contributed by atoms with Crippen molar-refractivity contribution in [3.63, 3.8) is 0 Å². The molecule has 0 radical (unpaired) electrons. The van der Waals surface area contributed by atoms with Crippen LogP contribution in [0.2, 0.25) is 0 Å². The maximum absolute atomic E-state index is 8.84. The van der Waals surface area contributed by atoms with E-state index >= 15 is 0 Å². The van der Waals surface area contributed by atoms with Crippen molar-refractivity contribution in [3.05, 3.63) is 18.2 Å². The van der Waals surface area contributed by atoms with Crippen LogP contribution in [0.5, 0.6) is 5.75 Å². The van der Waals surface area contributed by atoms with Gasteiger partial charge in [0.1, 0.15) is 11.9 Å². The van der Waals surface area contributed by atoms with E-state index in [0.717, 1.165) is 10.6 Å². The molecule has 0 unspecified atom stereocenters. The molecule has 4 nitrogen and oxygen atoms in total. The topological polar surface area (TPSA) is 61.7 Å². The van der Waals surface area contributed by atoms with Gasteiger partial charge in [0.15, 0.2) is 0 Å². The standard InChI is InChI=1S/C10H15NO3S/c1-11-9-3-2-7(4-10(9)15)14-8(5-12)6-13/h2-4,8,11-13,15H,5-6H2,1H3. The first-order chi connectivity index (χ1) is 7.21. The lowest BCUT2D eigenvalue weighted by Crippen LogP contribution is -2.25. The van der Waals surface area contributed by atoms with Crippen molar-refractivity contribution < 1.29 is 14.9 Å². The molecule has 0 saturated carbocycles. The van der Waals surface area contributed by atoms with E-state index < -0.39 is 6.10 Å². The van der Waals surface area contributed by atoms with Gasteiger partial charge in [0.2, 0.25) is 0 Å². The van der Waals surface area contributed by atoms with Gasteiger partial charge in [-0.1, -0.05) is 0 Å². The van der Waals surface area contributed by atoms with Crippen molar-refractivity contribution in [1.82, 2.24) is 0 Å². The lowest BCUT2D eigenvalue weighted by atomic mass is 10.3. The van der Waals surface area contributed by atoms with Crippen molar-refractivity contribution >= 4 is 18.3 Å². The number of nitrogens with one attached hydrogen (secondary N) is 1. The molecule has 0 aliphatic heterocycles. The highest BCUT2D eigenvalue weighted by Gasteiger charge is 2.08. The lowest BCUT2D eigenvalue weighted by Gasteiger charge is -2.15. The molecule has 3 N–H and O–H groups in total. The molecule has 0 saturated heterocycles. The molecule has 0 amide bonds. The van der Waals surface area contributed by atoms with Gasteiger partial charge in [0.25, 0.3) is 0 Å². The summed E-state index contributed by atoms with van der Waals surface area (Å²) in [5.74, 6) is 0.576. The van der Waals surface area contributed by atoms with Crippen molar-refractivity contribution in [2.45, 2.75) is 11.0 Å². The van der Waals surface area contributed by atoms with Crippen molar-refractivity contribution in [2.24, 2.45) is 0 Å². The van der Waals surface area contributed by atoms with E-state index in [1.165, 1.54) is 0 Å². The van der Waals surface area contributed by atoms with E-state index in [1.54, 1.807) is 19.2 Å². The highest BCUT2D eigenvalue weighted by atomic mass is 32.1.